The van der Waals surface area contributed by atoms with Crippen LogP contribution in [0.25, 0.3) is 0 Å². The van der Waals surface area contributed by atoms with Crippen molar-refractivity contribution >= 4 is 0 Å². The van der Waals surface area contributed by atoms with Gasteiger partial charge in [0.1, 0.15) is 0 Å². The molecule has 1 aromatic carbocycles. The minimum atomic E-state index is -0.319. The topological polar surface area (TPSA) is 21.3 Å². The van der Waals surface area contributed by atoms with E-state index in [1.807, 2.05) is 19.2 Å². The number of hydrogen-bond donors (Lipinski definition) is 1. The molecule has 0 aliphatic rings. The number of halogens is 1. The van der Waals surface area contributed by atoms with Crippen molar-refractivity contribution in [1.82, 2.24) is 5.32 Å². The Morgan fingerprint density at radius 3 is 2.71 bits per heavy atom. The van der Waals surface area contributed by atoms with Crippen LogP contribution in [0.4, 0.5) is 4.39 Å². The summed E-state index contributed by atoms with van der Waals surface area (Å²) in [5, 5.41) is 3.13. The van der Waals surface area contributed by atoms with Gasteiger partial charge in [-0.05, 0) is 31.2 Å². The van der Waals surface area contributed by atoms with Crippen LogP contribution in [0.3, 0.4) is 0 Å². The molecule has 0 fully saturated rings. The minimum absolute atomic E-state index is 0.0736. The highest BCUT2D eigenvalue weighted by Gasteiger charge is 2.20. The van der Waals surface area contributed by atoms with Crippen LogP contribution in [0, 0.1) is 11.2 Å². The Hall–Kier alpha value is -1.35. The number of nitrogens with one attached hydrogen (secondary N) is 1. The monoisotopic (exact) mass is 237 g/mol. The summed E-state index contributed by atoms with van der Waals surface area (Å²) < 4.78 is 18.4. The maximum absolute atomic E-state index is 13.5. The van der Waals surface area contributed by atoms with Crippen molar-refractivity contribution in [2.24, 2.45) is 5.41 Å². The van der Waals surface area contributed by atoms with E-state index in [1.165, 1.54) is 13.2 Å². The van der Waals surface area contributed by atoms with Crippen molar-refractivity contribution in [1.29, 1.82) is 0 Å². The van der Waals surface area contributed by atoms with Gasteiger partial charge in [-0.25, -0.2) is 4.39 Å². The molecule has 1 N–H and O–H groups in total. The van der Waals surface area contributed by atoms with Crippen molar-refractivity contribution < 1.29 is 9.13 Å². The lowest BCUT2D eigenvalue weighted by atomic mass is 9.83. The Kier molecular flexibility index (Phi) is 4.70. The normalized spacial score (nSPS) is 14.1. The fraction of sp³-hybridized carbons (Fsp3) is 0.429. The van der Waals surface area contributed by atoms with Crippen molar-refractivity contribution in [3.05, 3.63) is 42.2 Å². The Balaban J connectivity index is 2.87. The summed E-state index contributed by atoms with van der Waals surface area (Å²) in [6.07, 6.45) is 2.66. The molecular formula is C14H20FNO. The van der Waals surface area contributed by atoms with E-state index >= 15 is 0 Å². The molecule has 17 heavy (non-hydrogen) atoms. The number of hydrogen-bond acceptors (Lipinski definition) is 2. The van der Waals surface area contributed by atoms with Crippen LogP contribution in [-0.2, 0) is 6.42 Å². The molecule has 1 aromatic rings. The van der Waals surface area contributed by atoms with Crippen LogP contribution in [0.2, 0.25) is 0 Å². The number of benzene rings is 1. The second kappa shape index (κ2) is 5.82. The predicted molar refractivity (Wildman–Crippen MR) is 68.9 cm³/mol. The highest BCUT2D eigenvalue weighted by molar-refractivity contribution is 5.30. The lowest BCUT2D eigenvalue weighted by Crippen LogP contribution is -2.29. The van der Waals surface area contributed by atoms with Gasteiger partial charge in [-0.2, -0.15) is 0 Å². The van der Waals surface area contributed by atoms with Gasteiger partial charge in [0, 0.05) is 12.0 Å². The van der Waals surface area contributed by atoms with Crippen molar-refractivity contribution in [3.63, 3.8) is 0 Å². The van der Waals surface area contributed by atoms with E-state index in [4.69, 9.17) is 4.74 Å². The number of methoxy groups -OCH3 is 1. The van der Waals surface area contributed by atoms with Crippen molar-refractivity contribution in [2.75, 3.05) is 20.7 Å². The second-order valence-electron chi connectivity index (χ2n) is 4.53. The first kappa shape index (κ1) is 13.7. The average Bonchev–Trinajstić information content (AvgIpc) is 2.29. The van der Waals surface area contributed by atoms with E-state index in [2.05, 4.69) is 18.8 Å². The second-order valence-corrected chi connectivity index (χ2v) is 4.53. The molecule has 0 radical (unpaired) electrons. The zero-order valence-electron chi connectivity index (χ0n) is 10.7. The molecule has 0 aliphatic carbocycles. The zero-order valence-corrected chi connectivity index (χ0v) is 10.7. The first-order valence-corrected chi connectivity index (χ1v) is 5.65. The Morgan fingerprint density at radius 2 is 2.24 bits per heavy atom. The van der Waals surface area contributed by atoms with Crippen molar-refractivity contribution in [2.45, 2.75) is 13.3 Å². The summed E-state index contributed by atoms with van der Waals surface area (Å²) in [6.45, 7) is 6.75. The van der Waals surface area contributed by atoms with Crippen LogP contribution >= 0.6 is 0 Å². The third-order valence-corrected chi connectivity index (χ3v) is 2.90. The maximum Gasteiger partial charge on any atom is 0.165 e. The molecule has 0 amide bonds. The van der Waals surface area contributed by atoms with Gasteiger partial charge in [0.15, 0.2) is 11.6 Å². The van der Waals surface area contributed by atoms with Crippen LogP contribution < -0.4 is 10.1 Å². The van der Waals surface area contributed by atoms with Gasteiger partial charge < -0.3 is 10.1 Å². The molecule has 0 aromatic heterocycles. The fourth-order valence-electron chi connectivity index (χ4n) is 1.90. The fourth-order valence-corrected chi connectivity index (χ4v) is 1.90. The highest BCUT2D eigenvalue weighted by Crippen LogP contribution is 2.26. The molecule has 0 saturated carbocycles. The van der Waals surface area contributed by atoms with Crippen LogP contribution in [0.5, 0.6) is 5.75 Å². The quantitative estimate of drug-likeness (QED) is 0.768. The summed E-state index contributed by atoms with van der Waals surface area (Å²) >= 11 is 0. The van der Waals surface area contributed by atoms with Gasteiger partial charge in [0.25, 0.3) is 0 Å². The summed E-state index contributed by atoms with van der Waals surface area (Å²) in [5.74, 6) is -0.0384. The largest absolute Gasteiger partial charge is 0.494 e. The van der Waals surface area contributed by atoms with Gasteiger partial charge in [-0.1, -0.05) is 19.1 Å². The van der Waals surface area contributed by atoms with Crippen LogP contribution in [-0.4, -0.2) is 20.7 Å². The molecule has 94 valence electrons. The highest BCUT2D eigenvalue weighted by atomic mass is 19.1. The SMILES string of the molecule is C=CC(C)(CNC)Cc1ccc(OC)c(F)c1. The van der Waals surface area contributed by atoms with E-state index in [0.717, 1.165) is 18.5 Å². The molecule has 1 atom stereocenters. The smallest absolute Gasteiger partial charge is 0.165 e. The summed E-state index contributed by atoms with van der Waals surface area (Å²) in [6, 6.07) is 5.07. The van der Waals surface area contributed by atoms with Crippen LogP contribution in [0.15, 0.2) is 30.9 Å². The molecule has 1 rings (SSSR count). The van der Waals surface area contributed by atoms with Gasteiger partial charge in [0.2, 0.25) is 0 Å². The van der Waals surface area contributed by atoms with E-state index in [-0.39, 0.29) is 17.0 Å². The minimum Gasteiger partial charge on any atom is -0.494 e. The molecule has 0 heterocycles. The molecule has 1 unspecified atom stereocenters. The molecule has 3 heteroatoms. The van der Waals surface area contributed by atoms with E-state index in [9.17, 15) is 4.39 Å². The van der Waals surface area contributed by atoms with E-state index < -0.39 is 0 Å². The number of ether oxygens (including phenoxy) is 1. The summed E-state index contributed by atoms with van der Waals surface area (Å²) in [5.41, 5.74) is 0.872. The Morgan fingerprint density at radius 1 is 1.53 bits per heavy atom. The maximum atomic E-state index is 13.5. The molecule has 0 bridgehead atoms. The lowest BCUT2D eigenvalue weighted by molar-refractivity contribution is 0.382. The average molecular weight is 237 g/mol. The lowest BCUT2D eigenvalue weighted by Gasteiger charge is -2.25. The first-order valence-electron chi connectivity index (χ1n) is 5.65. The van der Waals surface area contributed by atoms with Gasteiger partial charge in [-0.15, -0.1) is 6.58 Å². The van der Waals surface area contributed by atoms with Gasteiger partial charge in [-0.3, -0.25) is 0 Å². The molecule has 2 nitrogen and oxygen atoms in total. The standard InChI is InChI=1S/C14H20FNO/c1-5-14(2,10-16-3)9-11-6-7-13(17-4)12(15)8-11/h5-8,16H,1,9-10H2,2-4H3. The zero-order chi connectivity index (χ0) is 12.9. The predicted octanol–water partition coefficient (Wildman–Crippen LogP) is 2.79. The third kappa shape index (κ3) is 3.56. The Labute approximate surface area is 102 Å². The number of rotatable bonds is 6. The molecule has 0 saturated heterocycles. The third-order valence-electron chi connectivity index (χ3n) is 2.90. The van der Waals surface area contributed by atoms with Crippen LogP contribution in [0.1, 0.15) is 12.5 Å². The summed E-state index contributed by atoms with van der Waals surface area (Å²) in [7, 11) is 3.36. The molecular weight excluding hydrogens is 217 g/mol. The first-order chi connectivity index (χ1) is 8.04. The van der Waals surface area contributed by atoms with Crippen molar-refractivity contribution in [3.8, 4) is 5.75 Å². The van der Waals surface area contributed by atoms with E-state index in [1.54, 1.807) is 6.07 Å². The van der Waals surface area contributed by atoms with Gasteiger partial charge >= 0.3 is 0 Å². The van der Waals surface area contributed by atoms with Gasteiger partial charge in [0.05, 0.1) is 7.11 Å². The molecule has 0 spiro atoms. The van der Waals surface area contributed by atoms with E-state index in [0.29, 0.717) is 0 Å². The molecule has 0 aliphatic heterocycles. The summed E-state index contributed by atoms with van der Waals surface area (Å²) in [4.78, 5) is 0. The Bertz CT molecular complexity index is 392.